The van der Waals surface area contributed by atoms with Crippen molar-refractivity contribution in [3.05, 3.63) is 101 Å². The number of aryl methyl sites for hydroxylation is 1. The van der Waals surface area contributed by atoms with Gasteiger partial charge in [0.1, 0.15) is 5.75 Å². The second-order valence-electron chi connectivity index (χ2n) is 12.0. The molecule has 4 aliphatic rings. The van der Waals surface area contributed by atoms with Gasteiger partial charge < -0.3 is 5.11 Å². The smallest absolute Gasteiger partial charge is 0.241 e. The molecule has 1 saturated carbocycles. The summed E-state index contributed by atoms with van der Waals surface area (Å²) < 4.78 is 0. The molecule has 7 rings (SSSR count). The predicted molar refractivity (Wildman–Crippen MR) is 158 cm³/mol. The lowest BCUT2D eigenvalue weighted by Crippen LogP contribution is -2.48. The second-order valence-corrected chi connectivity index (χ2v) is 12.4. The van der Waals surface area contributed by atoms with Crippen LogP contribution < -0.4 is 9.80 Å². The van der Waals surface area contributed by atoms with Gasteiger partial charge in [-0.2, -0.15) is 0 Å². The number of phenolic OH excluding ortho intramolecular Hbond substituents is 1. The third-order valence-electron chi connectivity index (χ3n) is 9.93. The highest BCUT2D eigenvalue weighted by molar-refractivity contribution is 6.32. The SMILES string of the molecule is Cc1ccc(N2C(=O)C3CC=C4C(CC5C(=O)N(c6ccccc6)C(=O)C5(C)C4c4ccc(O)cc4)C3C2=O)cc1Cl. The lowest BCUT2D eigenvalue weighted by molar-refractivity contribution is -0.131. The molecule has 0 radical (unpaired) electrons. The van der Waals surface area contributed by atoms with Gasteiger partial charge >= 0.3 is 0 Å². The number of anilines is 2. The second kappa shape index (κ2) is 9.39. The number of benzene rings is 3. The minimum atomic E-state index is -1.12. The van der Waals surface area contributed by atoms with Gasteiger partial charge in [0.25, 0.3) is 0 Å². The van der Waals surface area contributed by atoms with Crippen LogP contribution in [0.1, 0.15) is 36.8 Å². The van der Waals surface area contributed by atoms with Crippen molar-refractivity contribution in [3.63, 3.8) is 0 Å². The monoisotopic (exact) mass is 580 g/mol. The summed E-state index contributed by atoms with van der Waals surface area (Å²) in [6.07, 6.45) is 2.66. The Balaban J connectivity index is 1.35. The number of halogens is 1. The van der Waals surface area contributed by atoms with E-state index >= 15 is 0 Å². The first-order valence-electron chi connectivity index (χ1n) is 14.2. The third kappa shape index (κ3) is 3.59. The van der Waals surface area contributed by atoms with Crippen molar-refractivity contribution in [1.82, 2.24) is 0 Å². The maximum Gasteiger partial charge on any atom is 0.241 e. The van der Waals surface area contributed by atoms with Crippen LogP contribution in [0.2, 0.25) is 5.02 Å². The van der Waals surface area contributed by atoms with Gasteiger partial charge in [-0.15, -0.1) is 0 Å². The number of carbonyl (C=O) groups excluding carboxylic acids is 4. The number of fused-ring (bicyclic) bond motifs is 4. The molecule has 4 amide bonds. The molecular weight excluding hydrogens is 552 g/mol. The van der Waals surface area contributed by atoms with E-state index in [0.29, 0.717) is 22.8 Å². The van der Waals surface area contributed by atoms with Crippen molar-refractivity contribution < 1.29 is 24.3 Å². The van der Waals surface area contributed by atoms with E-state index in [2.05, 4.69) is 0 Å². The number of rotatable bonds is 3. The van der Waals surface area contributed by atoms with Gasteiger partial charge in [-0.05, 0) is 80.1 Å². The number of carbonyl (C=O) groups is 4. The van der Waals surface area contributed by atoms with Gasteiger partial charge in [0.2, 0.25) is 23.6 Å². The molecule has 0 bridgehead atoms. The van der Waals surface area contributed by atoms with Crippen molar-refractivity contribution in [1.29, 1.82) is 0 Å². The van der Waals surface area contributed by atoms with E-state index in [4.69, 9.17) is 11.6 Å². The Morgan fingerprint density at radius 1 is 0.833 bits per heavy atom. The van der Waals surface area contributed by atoms with Gasteiger partial charge in [-0.3, -0.25) is 19.2 Å². The quantitative estimate of drug-likeness (QED) is 0.313. The molecule has 2 aliphatic heterocycles. The molecule has 2 heterocycles. The molecule has 1 N–H and O–H groups in total. The van der Waals surface area contributed by atoms with Crippen LogP contribution in [0.4, 0.5) is 11.4 Å². The molecule has 3 aromatic carbocycles. The average molecular weight is 581 g/mol. The summed E-state index contributed by atoms with van der Waals surface area (Å²) in [6, 6.07) is 20.8. The van der Waals surface area contributed by atoms with E-state index in [1.54, 1.807) is 66.7 Å². The summed E-state index contributed by atoms with van der Waals surface area (Å²) in [7, 11) is 0. The zero-order valence-corrected chi connectivity index (χ0v) is 23.9. The highest BCUT2D eigenvalue weighted by Gasteiger charge is 2.67. The molecule has 3 aromatic rings. The molecule has 6 atom stereocenters. The largest absolute Gasteiger partial charge is 0.508 e. The maximum atomic E-state index is 14.3. The molecule has 212 valence electrons. The van der Waals surface area contributed by atoms with Crippen molar-refractivity contribution in [3.8, 4) is 5.75 Å². The van der Waals surface area contributed by atoms with Crippen LogP contribution in [0.5, 0.6) is 5.75 Å². The first-order valence-corrected chi connectivity index (χ1v) is 14.6. The van der Waals surface area contributed by atoms with Gasteiger partial charge in [0, 0.05) is 10.9 Å². The number of phenols is 1. The van der Waals surface area contributed by atoms with Crippen molar-refractivity contribution in [2.75, 3.05) is 9.80 Å². The van der Waals surface area contributed by atoms with Crippen LogP contribution >= 0.6 is 11.6 Å². The van der Waals surface area contributed by atoms with Gasteiger partial charge in [0.05, 0.1) is 34.5 Å². The van der Waals surface area contributed by atoms with E-state index < -0.39 is 35.0 Å². The summed E-state index contributed by atoms with van der Waals surface area (Å²) in [5, 5.41) is 10.5. The van der Waals surface area contributed by atoms with Crippen molar-refractivity contribution in [2.24, 2.45) is 29.1 Å². The fourth-order valence-corrected chi connectivity index (χ4v) is 8.04. The number of nitrogens with zero attached hydrogens (tertiary/aromatic N) is 2. The number of allylic oxidation sites excluding steroid dienone is 2. The summed E-state index contributed by atoms with van der Waals surface area (Å²) in [4.78, 5) is 58.8. The molecule has 8 heteroatoms. The molecule has 2 aliphatic carbocycles. The normalized spacial score (nSPS) is 30.3. The van der Waals surface area contributed by atoms with E-state index in [1.165, 1.54) is 9.80 Å². The number of imide groups is 2. The molecule has 42 heavy (non-hydrogen) atoms. The van der Waals surface area contributed by atoms with Crippen LogP contribution in [0, 0.1) is 36.0 Å². The Labute approximate surface area is 248 Å². The highest BCUT2D eigenvalue weighted by Crippen LogP contribution is 2.63. The molecule has 3 fully saturated rings. The number of para-hydroxylation sites is 1. The van der Waals surface area contributed by atoms with Crippen LogP contribution in [0.25, 0.3) is 0 Å². The molecular formula is C34H29ClN2O5. The van der Waals surface area contributed by atoms with Gasteiger partial charge in [0.15, 0.2) is 0 Å². The van der Waals surface area contributed by atoms with Gasteiger partial charge in [-0.1, -0.05) is 59.6 Å². The van der Waals surface area contributed by atoms with Crippen molar-refractivity contribution in [2.45, 2.75) is 32.6 Å². The summed E-state index contributed by atoms with van der Waals surface area (Å²) in [5.41, 5.74) is 2.36. The standard InChI is InChI=1S/C34H29ClN2O5/c1-18-8-11-21(16-27(18)35)36-30(39)24-15-14-23-25(28(24)32(36)41)17-26-31(40)37(20-6-4-3-5-7-20)33(42)34(26,2)29(23)19-9-12-22(38)13-10-19/h3-14,16,24-26,28-29,38H,15,17H2,1-2H3. The van der Waals surface area contributed by atoms with E-state index in [-0.39, 0.29) is 35.8 Å². The number of hydrogen-bond donors (Lipinski definition) is 1. The zero-order valence-electron chi connectivity index (χ0n) is 23.2. The van der Waals surface area contributed by atoms with Crippen LogP contribution in [0.3, 0.4) is 0 Å². The highest BCUT2D eigenvalue weighted by atomic mass is 35.5. The Morgan fingerprint density at radius 2 is 1.55 bits per heavy atom. The van der Waals surface area contributed by atoms with Crippen molar-refractivity contribution >= 4 is 46.6 Å². The van der Waals surface area contributed by atoms with Gasteiger partial charge in [-0.25, -0.2) is 9.80 Å². The topological polar surface area (TPSA) is 95.0 Å². The molecule has 0 spiro atoms. The number of aromatic hydroxyl groups is 1. The first kappa shape index (κ1) is 26.7. The summed E-state index contributed by atoms with van der Waals surface area (Å²) >= 11 is 6.37. The predicted octanol–water partition coefficient (Wildman–Crippen LogP) is 5.79. The van der Waals surface area contributed by atoms with Crippen LogP contribution in [0.15, 0.2) is 84.4 Å². The minimum Gasteiger partial charge on any atom is -0.508 e. The van der Waals surface area contributed by atoms with Crippen LogP contribution in [-0.2, 0) is 19.2 Å². The fraction of sp³-hybridized carbons (Fsp3) is 0.294. The average Bonchev–Trinajstić information content (AvgIpc) is 3.35. The van der Waals surface area contributed by atoms with E-state index in [1.807, 2.05) is 26.0 Å². The Kier molecular flexibility index (Phi) is 5.96. The molecule has 6 unspecified atom stereocenters. The fourth-order valence-electron chi connectivity index (χ4n) is 7.86. The Hall–Kier alpha value is -4.23. The van der Waals surface area contributed by atoms with Crippen LogP contribution in [-0.4, -0.2) is 28.7 Å². The summed E-state index contributed by atoms with van der Waals surface area (Å²) in [5.74, 6) is -3.89. The molecule has 2 saturated heterocycles. The number of amides is 4. The maximum absolute atomic E-state index is 14.3. The third-order valence-corrected chi connectivity index (χ3v) is 10.3. The van der Waals surface area contributed by atoms with E-state index in [0.717, 1.165) is 16.7 Å². The zero-order chi connectivity index (χ0) is 29.5. The Bertz CT molecular complexity index is 1700. The lowest BCUT2D eigenvalue weighted by atomic mass is 9.51. The Morgan fingerprint density at radius 3 is 2.24 bits per heavy atom. The minimum absolute atomic E-state index is 0.0919. The summed E-state index contributed by atoms with van der Waals surface area (Å²) in [6.45, 7) is 3.71. The first-order chi connectivity index (χ1) is 20.1. The number of hydrogen-bond acceptors (Lipinski definition) is 5. The lowest BCUT2D eigenvalue weighted by Gasteiger charge is -2.49. The molecule has 0 aromatic heterocycles. The van der Waals surface area contributed by atoms with E-state index in [9.17, 15) is 24.3 Å². The molecule has 7 nitrogen and oxygen atoms in total.